The second-order valence-electron chi connectivity index (χ2n) is 8.47. The Kier molecular flexibility index (Phi) is 4.45. The molecule has 0 fully saturated rings. The summed E-state index contributed by atoms with van der Waals surface area (Å²) in [4.78, 5) is 20.9. The first-order valence-corrected chi connectivity index (χ1v) is 11.3. The van der Waals surface area contributed by atoms with Crippen LogP contribution in [-0.4, -0.2) is 28.6 Å². The summed E-state index contributed by atoms with van der Waals surface area (Å²) in [6, 6.07) is 12.0. The maximum atomic E-state index is 13.2. The normalized spacial score (nSPS) is 16.1. The monoisotopic (exact) mass is 431 g/mol. The van der Waals surface area contributed by atoms with Gasteiger partial charge in [-0.25, -0.2) is 9.38 Å². The number of rotatable bonds is 3. The minimum atomic E-state index is -0.0651. The minimum Gasteiger partial charge on any atom is -0.496 e. The Bertz CT molecular complexity index is 1480. The van der Waals surface area contributed by atoms with E-state index >= 15 is 0 Å². The standard InChI is InChI=1S/C25H25N3O2S/c1-6-27-20-13-21(30-5)16(11-17(20)15(2)14-25(27,3)4)12-22-23(29)28-19-10-8-7-9-18(19)26-24(28)31-22/h7-14H,6H2,1-5H3/b22-12+. The Labute approximate surface area is 184 Å². The van der Waals surface area contributed by atoms with Crippen molar-refractivity contribution >= 4 is 44.7 Å². The van der Waals surface area contributed by atoms with Gasteiger partial charge >= 0.3 is 0 Å². The van der Waals surface area contributed by atoms with E-state index in [-0.39, 0.29) is 11.1 Å². The molecule has 0 aliphatic carbocycles. The molecule has 0 saturated carbocycles. The van der Waals surface area contributed by atoms with Gasteiger partial charge in [-0.3, -0.25) is 4.79 Å². The highest BCUT2D eigenvalue weighted by molar-refractivity contribution is 7.15. The molecule has 1 aliphatic rings. The summed E-state index contributed by atoms with van der Waals surface area (Å²) in [5.74, 6) is 0.762. The van der Waals surface area contributed by atoms with Gasteiger partial charge in [-0.1, -0.05) is 29.5 Å². The van der Waals surface area contributed by atoms with E-state index in [4.69, 9.17) is 4.74 Å². The number of allylic oxidation sites excluding steroid dienone is 1. The van der Waals surface area contributed by atoms with Crippen LogP contribution in [0.3, 0.4) is 0 Å². The number of ether oxygens (including phenoxy) is 1. The van der Waals surface area contributed by atoms with Gasteiger partial charge in [-0.2, -0.15) is 0 Å². The first-order valence-electron chi connectivity index (χ1n) is 10.5. The molecule has 158 valence electrons. The Morgan fingerprint density at radius 2 is 2.00 bits per heavy atom. The van der Waals surface area contributed by atoms with Gasteiger partial charge in [0.15, 0.2) is 4.96 Å². The van der Waals surface area contributed by atoms with Crippen LogP contribution in [0.2, 0.25) is 0 Å². The first-order chi connectivity index (χ1) is 14.8. The van der Waals surface area contributed by atoms with Crippen LogP contribution in [0.1, 0.15) is 38.8 Å². The van der Waals surface area contributed by atoms with E-state index < -0.39 is 0 Å². The van der Waals surface area contributed by atoms with E-state index in [1.807, 2.05) is 30.3 Å². The number of aromatic nitrogens is 2. The van der Waals surface area contributed by atoms with Gasteiger partial charge in [-0.05, 0) is 57.5 Å². The van der Waals surface area contributed by atoms with E-state index in [2.05, 4.69) is 55.8 Å². The third-order valence-electron chi connectivity index (χ3n) is 6.08. The molecule has 31 heavy (non-hydrogen) atoms. The smallest absolute Gasteiger partial charge is 0.274 e. The summed E-state index contributed by atoms with van der Waals surface area (Å²) in [5.41, 5.74) is 6.04. The lowest BCUT2D eigenvalue weighted by Gasteiger charge is -2.43. The Balaban J connectivity index is 1.73. The van der Waals surface area contributed by atoms with Gasteiger partial charge in [0.1, 0.15) is 5.75 Å². The molecular weight excluding hydrogens is 406 g/mol. The molecule has 0 N–H and O–H groups in total. The van der Waals surface area contributed by atoms with Crippen LogP contribution in [0.25, 0.3) is 27.6 Å². The number of fused-ring (bicyclic) bond motifs is 4. The second kappa shape index (κ2) is 6.95. The highest BCUT2D eigenvalue weighted by Crippen LogP contribution is 2.42. The molecule has 2 aromatic heterocycles. The predicted molar refractivity (Wildman–Crippen MR) is 129 cm³/mol. The highest BCUT2D eigenvalue weighted by atomic mass is 32.1. The van der Waals surface area contributed by atoms with E-state index in [9.17, 15) is 4.79 Å². The molecule has 2 aromatic carbocycles. The molecular formula is C25H25N3O2S. The minimum absolute atomic E-state index is 0.0444. The maximum absolute atomic E-state index is 13.2. The van der Waals surface area contributed by atoms with Crippen LogP contribution in [0, 0.1) is 0 Å². The van der Waals surface area contributed by atoms with Crippen molar-refractivity contribution in [2.75, 3.05) is 18.6 Å². The van der Waals surface area contributed by atoms with Crippen molar-refractivity contribution in [1.29, 1.82) is 0 Å². The van der Waals surface area contributed by atoms with Gasteiger partial charge in [0.25, 0.3) is 5.56 Å². The van der Waals surface area contributed by atoms with Crippen LogP contribution in [0.15, 0.2) is 47.3 Å². The topological polar surface area (TPSA) is 46.8 Å². The number of benzene rings is 2. The summed E-state index contributed by atoms with van der Waals surface area (Å²) in [5, 5.41) is 0. The molecule has 0 spiro atoms. The summed E-state index contributed by atoms with van der Waals surface area (Å²) in [6.45, 7) is 9.67. The summed E-state index contributed by atoms with van der Waals surface area (Å²) in [6.07, 6.45) is 4.23. The van der Waals surface area contributed by atoms with Crippen LogP contribution >= 0.6 is 11.3 Å². The summed E-state index contributed by atoms with van der Waals surface area (Å²) >= 11 is 1.41. The van der Waals surface area contributed by atoms with Crippen molar-refractivity contribution in [3.05, 3.63) is 68.5 Å². The number of hydrogen-bond acceptors (Lipinski definition) is 5. The van der Waals surface area contributed by atoms with E-state index in [1.54, 1.807) is 11.5 Å². The molecule has 0 unspecified atom stereocenters. The number of nitrogens with zero attached hydrogens (tertiary/aromatic N) is 3. The van der Waals surface area contributed by atoms with Gasteiger partial charge in [0.05, 0.1) is 28.2 Å². The number of thiazole rings is 1. The molecule has 0 saturated heterocycles. The average molecular weight is 432 g/mol. The molecule has 1 aliphatic heterocycles. The average Bonchev–Trinajstić information content (AvgIpc) is 3.24. The van der Waals surface area contributed by atoms with Crippen molar-refractivity contribution < 1.29 is 4.74 Å². The number of hydrogen-bond donors (Lipinski definition) is 0. The van der Waals surface area contributed by atoms with E-state index in [1.165, 1.54) is 22.5 Å². The number of anilines is 1. The van der Waals surface area contributed by atoms with E-state index in [0.717, 1.165) is 34.6 Å². The van der Waals surface area contributed by atoms with Crippen LogP contribution < -0.4 is 19.7 Å². The quantitative estimate of drug-likeness (QED) is 0.480. The van der Waals surface area contributed by atoms with Crippen molar-refractivity contribution in [3.8, 4) is 5.75 Å². The SMILES string of the molecule is CCN1c2cc(OC)c(/C=c3/sc4nc5ccccc5n4c3=O)cc2C(C)=CC1(C)C. The third kappa shape index (κ3) is 2.97. The lowest BCUT2D eigenvalue weighted by molar-refractivity contribution is 0.413. The van der Waals surface area contributed by atoms with E-state index in [0.29, 0.717) is 9.49 Å². The largest absolute Gasteiger partial charge is 0.496 e. The molecule has 0 atom stereocenters. The summed E-state index contributed by atoms with van der Waals surface area (Å²) < 4.78 is 8.10. The molecule has 0 amide bonds. The van der Waals surface area contributed by atoms with Gasteiger partial charge in [0.2, 0.25) is 0 Å². The molecule has 4 aromatic rings. The number of methoxy groups -OCH3 is 1. The number of para-hydroxylation sites is 2. The second-order valence-corrected chi connectivity index (χ2v) is 9.48. The van der Waals surface area contributed by atoms with Crippen molar-refractivity contribution in [3.63, 3.8) is 0 Å². The number of likely N-dealkylation sites (N-methyl/N-ethyl adjacent to an activating group) is 1. The molecule has 5 rings (SSSR count). The Hall–Kier alpha value is -3.12. The molecule has 3 heterocycles. The fourth-order valence-corrected chi connectivity index (χ4v) is 5.72. The number of imidazole rings is 1. The zero-order valence-electron chi connectivity index (χ0n) is 18.4. The Morgan fingerprint density at radius 1 is 1.23 bits per heavy atom. The highest BCUT2D eigenvalue weighted by Gasteiger charge is 2.31. The fraction of sp³-hybridized carbons (Fsp3) is 0.280. The van der Waals surface area contributed by atoms with Crippen LogP contribution in [0.4, 0.5) is 5.69 Å². The lowest BCUT2D eigenvalue weighted by atomic mass is 9.87. The lowest BCUT2D eigenvalue weighted by Crippen LogP contribution is -2.44. The van der Waals surface area contributed by atoms with Crippen LogP contribution in [-0.2, 0) is 0 Å². The molecule has 5 nitrogen and oxygen atoms in total. The zero-order valence-corrected chi connectivity index (χ0v) is 19.2. The maximum Gasteiger partial charge on any atom is 0.274 e. The van der Waals surface area contributed by atoms with Gasteiger partial charge in [0, 0.05) is 29.4 Å². The zero-order chi connectivity index (χ0) is 21.9. The van der Waals surface area contributed by atoms with Crippen LogP contribution in [0.5, 0.6) is 5.75 Å². The predicted octanol–water partition coefficient (Wildman–Crippen LogP) is 4.49. The third-order valence-corrected chi connectivity index (χ3v) is 7.05. The molecule has 0 bridgehead atoms. The molecule has 6 heteroatoms. The molecule has 0 radical (unpaired) electrons. The van der Waals surface area contributed by atoms with Gasteiger partial charge in [-0.15, -0.1) is 0 Å². The summed E-state index contributed by atoms with van der Waals surface area (Å²) in [7, 11) is 1.68. The fourth-order valence-electron chi connectivity index (χ4n) is 4.74. The van der Waals surface area contributed by atoms with Crippen molar-refractivity contribution in [1.82, 2.24) is 9.38 Å². The first kappa shape index (κ1) is 19.8. The Morgan fingerprint density at radius 3 is 2.74 bits per heavy atom. The van der Waals surface area contributed by atoms with Crippen molar-refractivity contribution in [2.45, 2.75) is 33.2 Å². The van der Waals surface area contributed by atoms with Crippen molar-refractivity contribution in [2.24, 2.45) is 0 Å². The van der Waals surface area contributed by atoms with Gasteiger partial charge < -0.3 is 9.64 Å².